The Hall–Kier alpha value is -0.771. The van der Waals surface area contributed by atoms with Crippen molar-refractivity contribution in [2.45, 2.75) is 13.3 Å². The molecule has 0 aliphatic carbocycles. The van der Waals surface area contributed by atoms with E-state index in [1.54, 1.807) is 0 Å². The van der Waals surface area contributed by atoms with Crippen LogP contribution in [0, 0.1) is 0 Å². The zero-order chi connectivity index (χ0) is 11.7. The van der Waals surface area contributed by atoms with E-state index in [1.807, 2.05) is 18.2 Å². The van der Waals surface area contributed by atoms with Crippen LogP contribution >= 0.6 is 0 Å². The van der Waals surface area contributed by atoms with Crippen LogP contribution in [0.5, 0.6) is 0 Å². The number of hydrogen-bond acceptors (Lipinski definition) is 2. The maximum absolute atomic E-state index is 11.3. The normalized spacial score (nSPS) is 10.1. The summed E-state index contributed by atoms with van der Waals surface area (Å²) in [5.41, 5.74) is 0. The quantitative estimate of drug-likeness (QED) is 0.391. The van der Waals surface area contributed by atoms with E-state index in [0.717, 1.165) is 13.3 Å². The van der Waals surface area contributed by atoms with Gasteiger partial charge >= 0.3 is 96.6 Å². The van der Waals surface area contributed by atoms with Gasteiger partial charge < -0.3 is 0 Å². The van der Waals surface area contributed by atoms with Crippen LogP contribution in [0.1, 0.15) is 0 Å². The number of hydrogen-bond donors (Lipinski definition) is 0. The minimum absolute atomic E-state index is 0.337. The number of rotatable bonds is 8. The summed E-state index contributed by atoms with van der Waals surface area (Å²) >= 11 is -2.95. The van der Waals surface area contributed by atoms with Gasteiger partial charge in [-0.1, -0.05) is 0 Å². The van der Waals surface area contributed by atoms with Gasteiger partial charge in [0.25, 0.3) is 0 Å². The monoisotopic (exact) mass is 314 g/mol. The summed E-state index contributed by atoms with van der Waals surface area (Å²) in [5.74, 6) is -0.337. The standard InChI is InChI=1S/C3H4O2.3C3H5.Sn/c1-2-3(4)5;3*1-3-2;/h2H,1H2,(H,4,5);3*3H,1-2H2;/q;;;;+1/p-1. The SMILES string of the molecule is C=C[CH2][Sn]([CH2]C=C)([CH2]C=C)[O]C(=O)C=C. The molecular weight excluding hydrogens is 295 g/mol. The topological polar surface area (TPSA) is 26.3 Å². The molecule has 0 aromatic heterocycles. The van der Waals surface area contributed by atoms with E-state index >= 15 is 0 Å². The van der Waals surface area contributed by atoms with Crippen molar-refractivity contribution in [2.24, 2.45) is 0 Å². The number of carbonyl (C=O) groups is 1. The summed E-state index contributed by atoms with van der Waals surface area (Å²) in [7, 11) is 0. The van der Waals surface area contributed by atoms with Gasteiger partial charge in [0.05, 0.1) is 0 Å². The van der Waals surface area contributed by atoms with Crippen molar-refractivity contribution in [3.05, 3.63) is 50.6 Å². The van der Waals surface area contributed by atoms with Crippen LogP contribution in [0.3, 0.4) is 0 Å². The Balaban J connectivity index is 4.80. The molecule has 0 amide bonds. The average Bonchev–Trinajstić information content (AvgIpc) is 2.18. The van der Waals surface area contributed by atoms with E-state index in [-0.39, 0.29) is 5.97 Å². The van der Waals surface area contributed by atoms with Crippen molar-refractivity contribution >= 4 is 24.8 Å². The zero-order valence-corrected chi connectivity index (χ0v) is 11.9. The van der Waals surface area contributed by atoms with Gasteiger partial charge in [-0.05, 0) is 0 Å². The van der Waals surface area contributed by atoms with Crippen molar-refractivity contribution in [2.75, 3.05) is 0 Å². The third kappa shape index (κ3) is 5.02. The Morgan fingerprint density at radius 2 is 1.40 bits per heavy atom. The van der Waals surface area contributed by atoms with Crippen LogP contribution in [-0.2, 0) is 7.87 Å². The second-order valence-electron chi connectivity index (χ2n) is 3.29. The van der Waals surface area contributed by atoms with Crippen molar-refractivity contribution in [1.82, 2.24) is 0 Å². The Labute approximate surface area is 96.4 Å². The molecule has 3 heteroatoms. The predicted octanol–water partition coefficient (Wildman–Crippen LogP) is 3.22. The molecule has 0 N–H and O–H groups in total. The fourth-order valence-electron chi connectivity index (χ4n) is 1.42. The summed E-state index contributed by atoms with van der Waals surface area (Å²) in [6.07, 6.45) is 6.67. The molecule has 0 fully saturated rings. The van der Waals surface area contributed by atoms with E-state index < -0.39 is 18.8 Å². The average molecular weight is 313 g/mol. The van der Waals surface area contributed by atoms with Crippen molar-refractivity contribution in [1.29, 1.82) is 0 Å². The molecule has 82 valence electrons. The van der Waals surface area contributed by atoms with Gasteiger partial charge in [-0.25, -0.2) is 0 Å². The molecule has 0 spiro atoms. The summed E-state index contributed by atoms with van der Waals surface area (Å²) in [5, 5.41) is 0. The summed E-state index contributed by atoms with van der Waals surface area (Å²) in [6, 6.07) is 0. The molecular formula is C12H18O2Sn. The molecule has 0 aromatic rings. The van der Waals surface area contributed by atoms with Crippen LogP contribution in [-0.4, -0.2) is 24.8 Å². The molecule has 2 nitrogen and oxygen atoms in total. The third-order valence-electron chi connectivity index (χ3n) is 2.03. The molecule has 0 aromatic carbocycles. The molecule has 0 heterocycles. The zero-order valence-electron chi connectivity index (χ0n) is 9.08. The van der Waals surface area contributed by atoms with Gasteiger partial charge in [0.15, 0.2) is 0 Å². The van der Waals surface area contributed by atoms with Crippen LogP contribution in [0.2, 0.25) is 13.3 Å². The first kappa shape index (κ1) is 14.2. The summed E-state index contributed by atoms with van der Waals surface area (Å²) < 4.78 is 7.90. The van der Waals surface area contributed by atoms with Crippen molar-refractivity contribution in [3.63, 3.8) is 0 Å². The van der Waals surface area contributed by atoms with Crippen LogP contribution in [0.4, 0.5) is 0 Å². The van der Waals surface area contributed by atoms with Crippen LogP contribution in [0.25, 0.3) is 0 Å². The van der Waals surface area contributed by atoms with Gasteiger partial charge in [-0.2, -0.15) is 0 Å². The maximum atomic E-state index is 11.3. The molecule has 15 heavy (non-hydrogen) atoms. The Bertz CT molecular complexity index is 242. The second kappa shape index (κ2) is 7.51. The van der Waals surface area contributed by atoms with Gasteiger partial charge in [0, 0.05) is 0 Å². The molecule has 0 atom stereocenters. The van der Waals surface area contributed by atoms with E-state index in [9.17, 15) is 4.79 Å². The van der Waals surface area contributed by atoms with Crippen molar-refractivity contribution < 1.29 is 7.87 Å². The van der Waals surface area contributed by atoms with Gasteiger partial charge in [-0.15, -0.1) is 0 Å². The summed E-state index contributed by atoms with van der Waals surface area (Å²) in [4.78, 5) is 11.3. The Morgan fingerprint density at radius 3 is 1.67 bits per heavy atom. The first-order valence-corrected chi connectivity index (χ1v) is 12.0. The van der Waals surface area contributed by atoms with Gasteiger partial charge in [0.2, 0.25) is 0 Å². The number of carbonyl (C=O) groups excluding carboxylic acids is 1. The Kier molecular flexibility index (Phi) is 7.12. The molecule has 0 rings (SSSR count). The predicted molar refractivity (Wildman–Crippen MR) is 67.1 cm³/mol. The third-order valence-corrected chi connectivity index (χ3v) is 12.7. The molecule has 0 saturated carbocycles. The molecule has 0 aliphatic rings. The van der Waals surface area contributed by atoms with E-state index in [4.69, 9.17) is 3.07 Å². The van der Waals surface area contributed by atoms with Gasteiger partial charge in [-0.3, -0.25) is 0 Å². The molecule has 0 bridgehead atoms. The summed E-state index contributed by atoms with van der Waals surface area (Å²) in [6.45, 7) is 14.5. The fraction of sp³-hybridized carbons (Fsp3) is 0.250. The molecule has 0 aliphatic heterocycles. The van der Waals surface area contributed by atoms with Crippen LogP contribution in [0.15, 0.2) is 50.6 Å². The first-order valence-electron chi connectivity index (χ1n) is 4.82. The second-order valence-corrected chi connectivity index (χ2v) is 14.1. The van der Waals surface area contributed by atoms with E-state index in [1.165, 1.54) is 6.08 Å². The molecule has 0 saturated heterocycles. The molecule has 0 unspecified atom stereocenters. The first-order chi connectivity index (χ1) is 7.14. The minimum atomic E-state index is -2.95. The number of allylic oxidation sites excluding steroid dienone is 3. The van der Waals surface area contributed by atoms with E-state index in [0.29, 0.717) is 0 Å². The van der Waals surface area contributed by atoms with Crippen molar-refractivity contribution in [3.8, 4) is 0 Å². The van der Waals surface area contributed by atoms with Gasteiger partial charge in [0.1, 0.15) is 0 Å². The van der Waals surface area contributed by atoms with Crippen LogP contribution < -0.4 is 0 Å². The van der Waals surface area contributed by atoms with E-state index in [2.05, 4.69) is 26.3 Å². The fourth-order valence-corrected chi connectivity index (χ4v) is 9.52. The molecule has 0 radical (unpaired) electrons. The Morgan fingerprint density at radius 1 is 1.00 bits per heavy atom.